The Morgan fingerprint density at radius 2 is 2.41 bits per heavy atom. The van der Waals surface area contributed by atoms with E-state index < -0.39 is 0 Å². The third-order valence-electron chi connectivity index (χ3n) is 2.99. The second-order valence-electron chi connectivity index (χ2n) is 4.54. The monoisotopic (exact) mass is 233 g/mol. The van der Waals surface area contributed by atoms with Crippen molar-refractivity contribution in [1.82, 2.24) is 4.90 Å². The summed E-state index contributed by atoms with van der Waals surface area (Å²) in [6.07, 6.45) is -0.242. The number of hydrogen-bond acceptors (Lipinski definition) is 3. The third kappa shape index (κ3) is 3.28. The van der Waals surface area contributed by atoms with Gasteiger partial charge in [-0.2, -0.15) is 0 Å². The van der Waals surface area contributed by atoms with E-state index in [1.807, 2.05) is 0 Å². The Morgan fingerprint density at radius 3 is 3.12 bits per heavy atom. The van der Waals surface area contributed by atoms with Gasteiger partial charge < -0.3 is 10.5 Å². The van der Waals surface area contributed by atoms with E-state index in [9.17, 15) is 0 Å². The molecule has 0 radical (unpaired) electrons. The van der Waals surface area contributed by atoms with Gasteiger partial charge in [-0.05, 0) is 12.5 Å². The number of amidine groups is 1. The fourth-order valence-corrected chi connectivity index (χ4v) is 2.10. The molecule has 0 spiro atoms. The van der Waals surface area contributed by atoms with Gasteiger partial charge in [0.2, 0.25) is 0 Å². The minimum Gasteiger partial charge on any atom is -0.385 e. The number of rotatable bonds is 3. The van der Waals surface area contributed by atoms with Crippen LogP contribution in [0.5, 0.6) is 0 Å². The Morgan fingerprint density at radius 1 is 1.59 bits per heavy atom. The van der Waals surface area contributed by atoms with Gasteiger partial charge in [-0.3, -0.25) is 10.3 Å². The molecule has 1 saturated heterocycles. The van der Waals surface area contributed by atoms with Gasteiger partial charge in [-0.1, -0.05) is 29.8 Å². The lowest BCUT2D eigenvalue weighted by Crippen LogP contribution is -2.47. The molecule has 4 nitrogen and oxygen atoms in total. The Kier molecular flexibility index (Phi) is 3.76. The summed E-state index contributed by atoms with van der Waals surface area (Å²) in [5.41, 5.74) is 8.06. The van der Waals surface area contributed by atoms with Crippen LogP contribution in [-0.2, 0) is 11.3 Å². The number of nitrogens with two attached hydrogens (primary N) is 1. The molecule has 0 aliphatic carbocycles. The van der Waals surface area contributed by atoms with Crippen LogP contribution < -0.4 is 5.73 Å². The summed E-state index contributed by atoms with van der Waals surface area (Å²) in [6.45, 7) is 5.26. The number of ether oxygens (including phenoxy) is 1. The van der Waals surface area contributed by atoms with Crippen LogP contribution in [0.2, 0.25) is 0 Å². The lowest BCUT2D eigenvalue weighted by Gasteiger charge is -2.32. The first-order valence-corrected chi connectivity index (χ1v) is 5.88. The van der Waals surface area contributed by atoms with E-state index >= 15 is 0 Å². The number of nitrogens with zero attached hydrogens (tertiary/aromatic N) is 1. The third-order valence-corrected chi connectivity index (χ3v) is 2.99. The quantitative estimate of drug-likeness (QED) is 0.607. The molecule has 1 unspecified atom stereocenters. The average Bonchev–Trinajstić information content (AvgIpc) is 2.29. The van der Waals surface area contributed by atoms with Crippen LogP contribution in [0, 0.1) is 12.3 Å². The molecule has 2 rings (SSSR count). The summed E-state index contributed by atoms with van der Waals surface area (Å²) < 4.78 is 5.44. The van der Waals surface area contributed by atoms with Crippen LogP contribution in [0.4, 0.5) is 0 Å². The lowest BCUT2D eigenvalue weighted by atomic mass is 10.1. The van der Waals surface area contributed by atoms with Crippen LogP contribution in [0.1, 0.15) is 11.1 Å². The molecule has 92 valence electrons. The van der Waals surface area contributed by atoms with Crippen LogP contribution in [0.25, 0.3) is 0 Å². The molecule has 1 fully saturated rings. The molecule has 1 aliphatic heterocycles. The van der Waals surface area contributed by atoms with Crippen molar-refractivity contribution in [1.29, 1.82) is 5.41 Å². The first kappa shape index (κ1) is 12.1. The van der Waals surface area contributed by atoms with E-state index in [-0.39, 0.29) is 11.9 Å². The predicted octanol–water partition coefficient (Wildman–Crippen LogP) is 1.13. The average molecular weight is 233 g/mol. The van der Waals surface area contributed by atoms with Gasteiger partial charge in [0.15, 0.2) is 0 Å². The van der Waals surface area contributed by atoms with Crippen molar-refractivity contribution in [2.75, 3.05) is 19.7 Å². The molecule has 1 heterocycles. The zero-order valence-electron chi connectivity index (χ0n) is 10.1. The summed E-state index contributed by atoms with van der Waals surface area (Å²) >= 11 is 0. The van der Waals surface area contributed by atoms with Gasteiger partial charge in [-0.15, -0.1) is 0 Å². The van der Waals surface area contributed by atoms with Crippen molar-refractivity contribution >= 4 is 5.84 Å². The maximum atomic E-state index is 7.42. The zero-order chi connectivity index (χ0) is 12.3. The maximum Gasteiger partial charge on any atom is 0.127 e. The first-order chi connectivity index (χ1) is 8.15. The van der Waals surface area contributed by atoms with Gasteiger partial charge >= 0.3 is 0 Å². The Bertz CT molecular complexity index is 405. The highest BCUT2D eigenvalue weighted by molar-refractivity contribution is 5.82. The molecular weight excluding hydrogens is 214 g/mol. The molecule has 1 aromatic carbocycles. The smallest absolute Gasteiger partial charge is 0.127 e. The zero-order valence-corrected chi connectivity index (χ0v) is 10.1. The van der Waals surface area contributed by atoms with E-state index in [1.165, 1.54) is 11.1 Å². The minimum absolute atomic E-state index is 0.124. The van der Waals surface area contributed by atoms with Crippen molar-refractivity contribution in [2.24, 2.45) is 5.73 Å². The molecule has 4 heteroatoms. The molecule has 1 atom stereocenters. The van der Waals surface area contributed by atoms with Crippen molar-refractivity contribution < 1.29 is 4.74 Å². The van der Waals surface area contributed by atoms with E-state index in [0.29, 0.717) is 13.2 Å². The molecular formula is C13H19N3O. The number of hydrogen-bond donors (Lipinski definition) is 2. The number of aryl methyl sites for hydroxylation is 1. The molecule has 17 heavy (non-hydrogen) atoms. The maximum absolute atomic E-state index is 7.42. The summed E-state index contributed by atoms with van der Waals surface area (Å²) in [5, 5.41) is 7.42. The first-order valence-electron chi connectivity index (χ1n) is 5.88. The summed E-state index contributed by atoms with van der Waals surface area (Å²) in [7, 11) is 0. The molecule has 0 amide bonds. The van der Waals surface area contributed by atoms with E-state index in [1.54, 1.807) is 0 Å². The SMILES string of the molecule is Cc1cccc(CN2CCOC(C(=N)N)C2)c1. The fraction of sp³-hybridized carbons (Fsp3) is 0.462. The van der Waals surface area contributed by atoms with E-state index in [0.717, 1.165) is 13.1 Å². The van der Waals surface area contributed by atoms with Crippen molar-refractivity contribution in [3.05, 3.63) is 35.4 Å². The summed E-state index contributed by atoms with van der Waals surface area (Å²) in [6, 6.07) is 8.50. The molecule has 0 saturated carbocycles. The lowest BCUT2D eigenvalue weighted by molar-refractivity contribution is 0.00236. The largest absolute Gasteiger partial charge is 0.385 e. The van der Waals surface area contributed by atoms with Crippen LogP contribution >= 0.6 is 0 Å². The second-order valence-corrected chi connectivity index (χ2v) is 4.54. The number of morpholine rings is 1. The predicted molar refractivity (Wildman–Crippen MR) is 68.1 cm³/mol. The van der Waals surface area contributed by atoms with Crippen LogP contribution in [-0.4, -0.2) is 36.5 Å². The molecule has 1 aliphatic rings. The van der Waals surface area contributed by atoms with Crippen LogP contribution in [0.3, 0.4) is 0 Å². The summed E-state index contributed by atoms with van der Waals surface area (Å²) in [5.74, 6) is 0.124. The highest BCUT2D eigenvalue weighted by Crippen LogP contribution is 2.11. The van der Waals surface area contributed by atoms with E-state index in [2.05, 4.69) is 36.1 Å². The molecule has 1 aromatic rings. The van der Waals surface area contributed by atoms with E-state index in [4.69, 9.17) is 15.9 Å². The molecule has 0 aromatic heterocycles. The van der Waals surface area contributed by atoms with Gasteiger partial charge in [0.05, 0.1) is 6.61 Å². The number of benzene rings is 1. The second kappa shape index (κ2) is 5.29. The molecule has 0 bridgehead atoms. The van der Waals surface area contributed by atoms with Gasteiger partial charge in [0.25, 0.3) is 0 Å². The fourth-order valence-electron chi connectivity index (χ4n) is 2.10. The highest BCUT2D eigenvalue weighted by Gasteiger charge is 2.22. The topological polar surface area (TPSA) is 62.3 Å². The Balaban J connectivity index is 1.97. The van der Waals surface area contributed by atoms with Crippen molar-refractivity contribution in [3.63, 3.8) is 0 Å². The summed E-state index contributed by atoms with van der Waals surface area (Å²) in [4.78, 5) is 2.28. The standard InChI is InChI=1S/C13H19N3O/c1-10-3-2-4-11(7-10)8-16-5-6-17-12(9-16)13(14)15/h2-4,7,12H,5-6,8-9H2,1H3,(H3,14,15). The number of nitrogens with one attached hydrogen (secondary N) is 1. The van der Waals surface area contributed by atoms with Gasteiger partial charge in [-0.25, -0.2) is 0 Å². The van der Waals surface area contributed by atoms with Crippen LogP contribution in [0.15, 0.2) is 24.3 Å². The van der Waals surface area contributed by atoms with Crippen molar-refractivity contribution in [2.45, 2.75) is 19.6 Å². The molecule has 3 N–H and O–H groups in total. The van der Waals surface area contributed by atoms with Crippen molar-refractivity contribution in [3.8, 4) is 0 Å². The minimum atomic E-state index is -0.242. The highest BCUT2D eigenvalue weighted by atomic mass is 16.5. The normalized spacial score (nSPS) is 21.4. The Hall–Kier alpha value is -1.39. The van der Waals surface area contributed by atoms with Gasteiger partial charge in [0, 0.05) is 19.6 Å². The van der Waals surface area contributed by atoms with Gasteiger partial charge in [0.1, 0.15) is 11.9 Å². The Labute approximate surface area is 102 Å².